The van der Waals surface area contributed by atoms with E-state index in [0.717, 1.165) is 16.6 Å². The van der Waals surface area contributed by atoms with Gasteiger partial charge in [-0.1, -0.05) is 30.2 Å². The Morgan fingerprint density at radius 3 is 2.33 bits per heavy atom. The van der Waals surface area contributed by atoms with Gasteiger partial charge >= 0.3 is 7.12 Å². The van der Waals surface area contributed by atoms with Crippen molar-refractivity contribution in [1.82, 2.24) is 4.98 Å². The molecule has 4 heteroatoms. The maximum absolute atomic E-state index is 5.94. The highest BCUT2D eigenvalue weighted by atomic mass is 16.7. The third-order valence-electron chi connectivity index (χ3n) is 4.32. The predicted octanol–water partition coefficient (Wildman–Crippen LogP) is 3.88. The van der Waals surface area contributed by atoms with E-state index >= 15 is 0 Å². The minimum Gasteiger partial charge on any atom is -0.400 e. The van der Waals surface area contributed by atoms with Crippen LogP contribution in [0.15, 0.2) is 42.4 Å². The average molecular weight is 281 g/mol. The third kappa shape index (κ3) is 2.74. The smallest absolute Gasteiger partial charge is 0.400 e. The van der Waals surface area contributed by atoms with Crippen LogP contribution in [-0.4, -0.2) is 23.3 Å². The van der Waals surface area contributed by atoms with Crippen molar-refractivity contribution in [2.45, 2.75) is 38.9 Å². The van der Waals surface area contributed by atoms with Gasteiger partial charge < -0.3 is 9.31 Å². The lowest BCUT2D eigenvalue weighted by atomic mass is 9.89. The van der Waals surface area contributed by atoms with Gasteiger partial charge in [0.2, 0.25) is 0 Å². The van der Waals surface area contributed by atoms with Crippen molar-refractivity contribution in [3.05, 3.63) is 48.1 Å². The predicted molar refractivity (Wildman–Crippen MR) is 86.9 cm³/mol. The number of nitrogens with zero attached hydrogens (tertiary/aromatic N) is 1. The summed E-state index contributed by atoms with van der Waals surface area (Å²) in [6.07, 6.45) is 1.95. The molecule has 0 amide bonds. The van der Waals surface area contributed by atoms with E-state index in [1.54, 1.807) is 0 Å². The van der Waals surface area contributed by atoms with E-state index in [2.05, 4.69) is 44.8 Å². The molecular formula is C17H20BNO2. The third-order valence-corrected chi connectivity index (χ3v) is 4.32. The van der Waals surface area contributed by atoms with Crippen molar-refractivity contribution < 1.29 is 9.31 Å². The molecule has 1 aromatic heterocycles. The minimum atomic E-state index is -0.330. The molecular weight excluding hydrogens is 261 g/mol. The van der Waals surface area contributed by atoms with E-state index in [1.807, 2.05) is 36.3 Å². The second kappa shape index (κ2) is 4.97. The second-order valence-electron chi connectivity index (χ2n) is 6.41. The van der Waals surface area contributed by atoms with E-state index < -0.39 is 0 Å². The Morgan fingerprint density at radius 1 is 0.952 bits per heavy atom. The summed E-state index contributed by atoms with van der Waals surface area (Å²) in [5.41, 5.74) is 1.29. The molecule has 1 aliphatic rings. The van der Waals surface area contributed by atoms with Crippen LogP contribution >= 0.6 is 0 Å². The van der Waals surface area contributed by atoms with Crippen LogP contribution in [0, 0.1) is 0 Å². The molecule has 0 radical (unpaired) electrons. The van der Waals surface area contributed by atoms with Gasteiger partial charge in [-0.05, 0) is 45.9 Å². The first-order valence-electron chi connectivity index (χ1n) is 7.27. The number of aromatic nitrogens is 1. The molecule has 1 aromatic carbocycles. The fourth-order valence-electron chi connectivity index (χ4n) is 2.32. The van der Waals surface area contributed by atoms with Crippen LogP contribution in [0.4, 0.5) is 0 Å². The standard InChI is InChI=1S/C17H20BNO2/c1-16(2)17(3,4)21-18(20-16)12-11-14-10-9-13-7-5-6-8-15(13)19-14/h5-12H,1-4H3/b12-11+. The van der Waals surface area contributed by atoms with Gasteiger partial charge in [0.15, 0.2) is 0 Å². The number of hydrogen-bond donors (Lipinski definition) is 0. The van der Waals surface area contributed by atoms with Crippen molar-refractivity contribution in [2.24, 2.45) is 0 Å². The summed E-state index contributed by atoms with van der Waals surface area (Å²) < 4.78 is 11.9. The number of rotatable bonds is 2. The molecule has 0 atom stereocenters. The topological polar surface area (TPSA) is 31.4 Å². The Hall–Kier alpha value is -1.65. The van der Waals surface area contributed by atoms with Crippen LogP contribution < -0.4 is 0 Å². The maximum Gasteiger partial charge on any atom is 0.487 e. The van der Waals surface area contributed by atoms with E-state index in [1.165, 1.54) is 0 Å². The van der Waals surface area contributed by atoms with Crippen LogP contribution in [0.2, 0.25) is 0 Å². The molecule has 0 N–H and O–H groups in total. The Balaban J connectivity index is 1.79. The van der Waals surface area contributed by atoms with E-state index in [9.17, 15) is 0 Å². The van der Waals surface area contributed by atoms with Crippen molar-refractivity contribution in [3.8, 4) is 0 Å². The monoisotopic (exact) mass is 281 g/mol. The molecule has 0 aliphatic carbocycles. The molecule has 108 valence electrons. The fraction of sp³-hybridized carbons (Fsp3) is 0.353. The molecule has 0 spiro atoms. The van der Waals surface area contributed by atoms with Gasteiger partial charge in [0.05, 0.1) is 22.4 Å². The van der Waals surface area contributed by atoms with Gasteiger partial charge in [-0.25, -0.2) is 4.98 Å². The van der Waals surface area contributed by atoms with Gasteiger partial charge in [0.25, 0.3) is 0 Å². The Labute approximate surface area is 126 Å². The SMILES string of the molecule is CC1(C)OB(/C=C/c2ccc3ccccc3n2)OC1(C)C. The number of hydrogen-bond acceptors (Lipinski definition) is 3. The molecule has 3 rings (SSSR count). The summed E-state index contributed by atoms with van der Waals surface area (Å²) in [4.78, 5) is 4.61. The van der Waals surface area contributed by atoms with Gasteiger partial charge in [0.1, 0.15) is 0 Å². The molecule has 0 saturated carbocycles. The quantitative estimate of drug-likeness (QED) is 0.783. The first-order valence-corrected chi connectivity index (χ1v) is 7.27. The highest BCUT2D eigenvalue weighted by molar-refractivity contribution is 6.52. The zero-order valence-electron chi connectivity index (χ0n) is 13.0. The first-order chi connectivity index (χ1) is 9.87. The van der Waals surface area contributed by atoms with E-state index in [-0.39, 0.29) is 18.3 Å². The molecule has 0 bridgehead atoms. The highest BCUT2D eigenvalue weighted by Gasteiger charge is 2.49. The maximum atomic E-state index is 5.94. The second-order valence-corrected chi connectivity index (χ2v) is 6.41. The largest absolute Gasteiger partial charge is 0.487 e. The van der Waals surface area contributed by atoms with E-state index in [4.69, 9.17) is 9.31 Å². The van der Waals surface area contributed by atoms with Crippen molar-refractivity contribution in [1.29, 1.82) is 0 Å². The zero-order chi connectivity index (χ0) is 15.1. The Kier molecular flexibility index (Phi) is 3.38. The normalized spacial score (nSPS) is 20.5. The van der Waals surface area contributed by atoms with Crippen LogP contribution in [0.1, 0.15) is 33.4 Å². The summed E-state index contributed by atoms with van der Waals surface area (Å²) in [7, 11) is -0.330. The lowest BCUT2D eigenvalue weighted by Gasteiger charge is -2.32. The molecule has 1 fully saturated rings. The lowest BCUT2D eigenvalue weighted by molar-refractivity contribution is 0.00578. The Bertz CT molecular complexity index is 678. The summed E-state index contributed by atoms with van der Waals surface area (Å²) >= 11 is 0. The van der Waals surface area contributed by atoms with Crippen LogP contribution in [-0.2, 0) is 9.31 Å². The summed E-state index contributed by atoms with van der Waals surface area (Å²) in [5.74, 6) is 1.92. The van der Waals surface area contributed by atoms with Gasteiger partial charge in [-0.3, -0.25) is 0 Å². The molecule has 1 saturated heterocycles. The Morgan fingerprint density at radius 2 is 1.62 bits per heavy atom. The van der Waals surface area contributed by atoms with Gasteiger partial charge in [-0.15, -0.1) is 0 Å². The molecule has 0 unspecified atom stereocenters. The minimum absolute atomic E-state index is 0.307. The van der Waals surface area contributed by atoms with Crippen LogP contribution in [0.5, 0.6) is 0 Å². The summed E-state index contributed by atoms with van der Waals surface area (Å²) in [5, 5.41) is 1.14. The average Bonchev–Trinajstić information content (AvgIpc) is 2.64. The number of pyridine rings is 1. The first kappa shape index (κ1) is 14.3. The van der Waals surface area contributed by atoms with Crippen molar-refractivity contribution in [3.63, 3.8) is 0 Å². The molecule has 1 aliphatic heterocycles. The van der Waals surface area contributed by atoms with Gasteiger partial charge in [0, 0.05) is 5.39 Å². The van der Waals surface area contributed by atoms with Crippen LogP contribution in [0.3, 0.4) is 0 Å². The number of para-hydroxylation sites is 1. The highest BCUT2D eigenvalue weighted by Crippen LogP contribution is 2.36. The van der Waals surface area contributed by atoms with E-state index in [0.29, 0.717) is 0 Å². The lowest BCUT2D eigenvalue weighted by Crippen LogP contribution is -2.41. The molecule has 3 nitrogen and oxygen atoms in total. The molecule has 2 heterocycles. The number of fused-ring (bicyclic) bond motifs is 1. The number of benzene rings is 1. The van der Waals surface area contributed by atoms with Crippen molar-refractivity contribution in [2.75, 3.05) is 0 Å². The molecule has 2 aromatic rings. The van der Waals surface area contributed by atoms with Crippen LogP contribution in [0.25, 0.3) is 17.0 Å². The summed E-state index contributed by atoms with van der Waals surface area (Å²) in [6.45, 7) is 8.20. The zero-order valence-corrected chi connectivity index (χ0v) is 13.0. The fourth-order valence-corrected chi connectivity index (χ4v) is 2.32. The molecule has 21 heavy (non-hydrogen) atoms. The summed E-state index contributed by atoms with van der Waals surface area (Å²) in [6, 6.07) is 12.2. The van der Waals surface area contributed by atoms with Crippen molar-refractivity contribution >= 4 is 24.1 Å². The van der Waals surface area contributed by atoms with Gasteiger partial charge in [-0.2, -0.15) is 0 Å².